The molecule has 0 unspecified atom stereocenters. The lowest BCUT2D eigenvalue weighted by Crippen LogP contribution is -2.04. The quantitative estimate of drug-likeness (QED) is 0.131. The molecule has 10 aromatic heterocycles. The van der Waals surface area contributed by atoms with Crippen LogP contribution in [0, 0.1) is 90.0 Å². The second kappa shape index (κ2) is 33.8. The van der Waals surface area contributed by atoms with Crippen LogP contribution in [-0.2, 0) is 74.1 Å². The summed E-state index contributed by atoms with van der Waals surface area (Å²) < 4.78 is 21.7. The second-order valence-electron chi connectivity index (χ2n) is 33.2. The smallest absolute Gasteiger partial charge is 0.129 e. The average molecular weight is 1420 g/mol. The molecule has 0 spiro atoms. The molecule has 572 valence electrons. The van der Waals surface area contributed by atoms with Crippen LogP contribution in [0.25, 0.3) is 0 Å². The zero-order valence-corrected chi connectivity index (χ0v) is 72.2. The Morgan fingerprint density at radius 1 is 0.356 bits per heavy atom. The number of imidazole rings is 4. The lowest BCUT2D eigenvalue weighted by atomic mass is 10.0. The summed E-state index contributed by atoms with van der Waals surface area (Å²) in [5.41, 5.74) is 36.1. The first-order valence-electron chi connectivity index (χ1n) is 38.9. The van der Waals surface area contributed by atoms with Crippen LogP contribution in [-0.4, -0.2) is 86.5 Å². The van der Waals surface area contributed by atoms with Crippen molar-refractivity contribution in [2.24, 2.45) is 35.2 Å². The third kappa shape index (κ3) is 19.4. The maximum atomic E-state index is 4.39. The van der Waals surface area contributed by atoms with E-state index in [9.17, 15) is 0 Å². The Hall–Kier alpha value is -7.76. The van der Waals surface area contributed by atoms with Crippen LogP contribution in [0.5, 0.6) is 0 Å². The molecule has 10 aromatic rings. The molecule has 0 fully saturated rings. The van der Waals surface area contributed by atoms with Gasteiger partial charge in [0, 0.05) is 135 Å². The highest BCUT2D eigenvalue weighted by Gasteiger charge is 2.40. The molecule has 0 saturated heterocycles. The van der Waals surface area contributed by atoms with Gasteiger partial charge in [0.25, 0.3) is 0 Å². The van der Waals surface area contributed by atoms with E-state index < -0.39 is 0 Å². The van der Waals surface area contributed by atoms with E-state index in [-0.39, 0.29) is 0 Å². The van der Waals surface area contributed by atoms with E-state index >= 15 is 0 Å². The van der Waals surface area contributed by atoms with Crippen molar-refractivity contribution in [3.05, 3.63) is 183 Å². The molecule has 18 heteroatoms. The maximum absolute atomic E-state index is 4.39. The van der Waals surface area contributed by atoms with Gasteiger partial charge in [-0.15, -0.1) is 0 Å². The number of hydrogen-bond acceptors (Lipinski definition) is 8. The van der Waals surface area contributed by atoms with Gasteiger partial charge in [-0.05, 0) is 204 Å². The molecule has 104 heavy (non-hydrogen) atoms. The maximum Gasteiger partial charge on any atom is 0.129 e. The number of rotatable bonds is 10. The summed E-state index contributed by atoms with van der Waals surface area (Å²) in [6.45, 7) is 74.9. The molecule has 0 amide bonds. The molecular weight excluding hydrogens is 1290 g/mol. The Bertz CT molecular complexity index is 3970. The number of aromatic nitrogens is 18. The largest absolute Gasteiger partial charge is 0.354 e. The van der Waals surface area contributed by atoms with Gasteiger partial charge in [0.15, 0.2) is 0 Å². The Labute approximate surface area is 627 Å². The molecule has 3 aliphatic carbocycles. The van der Waals surface area contributed by atoms with Gasteiger partial charge in [-0.2, -0.15) is 20.4 Å². The topological polar surface area (TPSA) is 152 Å². The molecule has 13 heterocycles. The summed E-state index contributed by atoms with van der Waals surface area (Å²) in [7, 11) is 10.2. The first kappa shape index (κ1) is 83.5. The van der Waals surface area contributed by atoms with Gasteiger partial charge >= 0.3 is 0 Å². The van der Waals surface area contributed by atoms with Gasteiger partial charge < -0.3 is 27.4 Å². The standard InChI is InChI=1S/4C9H16N2.C9H11N.C9H13N.3C8H12N2.C8H14N2/c1-6(2)9-7(3)10-8(4)11(9)5;1-6(2)9-7(3)10-11(5)8(9)4;1-6(2)9-7(3)8(4)10-11(9)5;1-6(2)11-8(4)7(3)10-9(11)5;1-5(2)9-6-3-7(6)10-4-8(9)10;1-6(2)9-8-4-7(8)5-10(9)3;1-5(2)8-6(3)9-7-4-10(7)8;1-5(2)8-6(3)9-10-4-7(8)10;1-5(2)10-6(3)9-7-4-8(7)10;1-6(2)8-7(3)5-9-10(8)4/h4*6H,1-5H3;5H,3-4H2,1-2H3;5-6H,4H2,1-3H3;3*5H,4H2,1-3H3;5-6H,1-4H3. The van der Waals surface area contributed by atoms with E-state index in [1.165, 1.54) is 133 Å². The third-order valence-corrected chi connectivity index (χ3v) is 21.1. The zero-order valence-electron chi connectivity index (χ0n) is 72.2. The highest BCUT2D eigenvalue weighted by molar-refractivity contribution is 5.58. The zero-order chi connectivity index (χ0) is 78.2. The van der Waals surface area contributed by atoms with Gasteiger partial charge in [-0.1, -0.05) is 111 Å². The van der Waals surface area contributed by atoms with E-state index in [4.69, 9.17) is 0 Å². The van der Waals surface area contributed by atoms with Crippen LogP contribution >= 0.6 is 0 Å². The monoisotopic (exact) mass is 1420 g/mol. The summed E-state index contributed by atoms with van der Waals surface area (Å²) in [5, 5.41) is 17.2. The normalized spacial score (nSPS) is 12.8. The van der Waals surface area contributed by atoms with Gasteiger partial charge in [-0.25, -0.2) is 19.9 Å². The van der Waals surface area contributed by atoms with Crippen molar-refractivity contribution in [3.8, 4) is 0 Å². The fraction of sp³-hybridized carbons (Fsp3) is 0.628. The highest BCUT2D eigenvalue weighted by Crippen LogP contribution is 2.47. The summed E-state index contributed by atoms with van der Waals surface area (Å²) >= 11 is 0. The highest BCUT2D eigenvalue weighted by atomic mass is 15.4. The Morgan fingerprint density at radius 2 is 0.875 bits per heavy atom. The minimum absolute atomic E-state index is 0.524. The Kier molecular flexibility index (Phi) is 27.1. The predicted molar refractivity (Wildman–Crippen MR) is 432 cm³/mol. The molecule has 3 aliphatic heterocycles. The molecule has 0 bridgehead atoms. The average Bonchev–Trinajstić information content (AvgIpc) is 1.52. The van der Waals surface area contributed by atoms with E-state index in [0.717, 1.165) is 48.5 Å². The molecule has 0 radical (unpaired) electrons. The van der Waals surface area contributed by atoms with Gasteiger partial charge in [-0.3, -0.25) is 18.7 Å². The van der Waals surface area contributed by atoms with Crippen LogP contribution in [0.1, 0.15) is 368 Å². The minimum Gasteiger partial charge on any atom is -0.354 e. The molecule has 0 aromatic carbocycles. The molecular formula is C86H138N18. The predicted octanol–water partition coefficient (Wildman–Crippen LogP) is 19.7. The molecule has 18 nitrogen and oxygen atoms in total. The molecule has 16 rings (SSSR count). The summed E-state index contributed by atoms with van der Waals surface area (Å²) in [4.78, 5) is 17.6. The van der Waals surface area contributed by atoms with Crippen molar-refractivity contribution in [1.82, 2.24) is 86.5 Å². The van der Waals surface area contributed by atoms with E-state index in [0.29, 0.717) is 53.5 Å². The molecule has 6 aliphatic rings. The molecule has 0 N–H and O–H groups in total. The summed E-state index contributed by atoms with van der Waals surface area (Å²) in [6.07, 6.45) is 7.87. The summed E-state index contributed by atoms with van der Waals surface area (Å²) in [6, 6.07) is 1.11. The van der Waals surface area contributed by atoms with Crippen molar-refractivity contribution in [2.45, 2.75) is 327 Å². The SMILES string of the molecule is CC(C)c1c2c(cn1C)C2.CC(C)c1c2c(n3c1C3)C2.Cc1cnn(C)c1C(C)C.Cc1nc(C)n(C(C)C)c1C.Cc1nc(C)n(C)c1C(C)C.Cc1nc2c(n1C(C)C)C2.Cc1nc2n(c1C(C)C)C2.Cc1nn(C)c(C(C)C)c1C.Cc1nn(C)c(C)c1C(C)C.Cc1nn2c(c1C(C)C)C2. The second-order valence-corrected chi connectivity index (χ2v) is 33.2. The molecule has 0 saturated carbocycles. The minimum atomic E-state index is 0.524. The van der Waals surface area contributed by atoms with Crippen LogP contribution in [0.2, 0.25) is 0 Å². The van der Waals surface area contributed by atoms with E-state index in [1.54, 1.807) is 33.6 Å². The van der Waals surface area contributed by atoms with E-state index in [1.807, 2.05) is 48.3 Å². The van der Waals surface area contributed by atoms with Gasteiger partial charge in [0.1, 0.15) is 23.3 Å². The fourth-order valence-electron chi connectivity index (χ4n) is 16.4. The third-order valence-electron chi connectivity index (χ3n) is 21.1. The fourth-order valence-corrected chi connectivity index (χ4v) is 16.4. The lowest BCUT2D eigenvalue weighted by Gasteiger charge is -2.11. The van der Waals surface area contributed by atoms with Crippen molar-refractivity contribution in [2.75, 3.05) is 0 Å². The van der Waals surface area contributed by atoms with Crippen molar-refractivity contribution in [1.29, 1.82) is 0 Å². The van der Waals surface area contributed by atoms with Crippen molar-refractivity contribution in [3.63, 3.8) is 0 Å². The summed E-state index contributed by atoms with van der Waals surface area (Å²) in [5.74, 6) is 9.69. The first-order chi connectivity index (χ1) is 48.4. The van der Waals surface area contributed by atoms with Crippen molar-refractivity contribution >= 4 is 0 Å². The van der Waals surface area contributed by atoms with Crippen LogP contribution in [0.4, 0.5) is 0 Å². The van der Waals surface area contributed by atoms with Gasteiger partial charge in [0.05, 0.1) is 71.4 Å². The molecule has 0 atom stereocenters. The van der Waals surface area contributed by atoms with Crippen molar-refractivity contribution < 1.29 is 0 Å². The number of nitrogens with zero attached hydrogens (tertiary/aromatic N) is 18. The number of hydrogen-bond donors (Lipinski definition) is 0. The van der Waals surface area contributed by atoms with E-state index in [2.05, 4.69) is 314 Å². The number of fused-ring (bicyclic) bond motifs is 7. The van der Waals surface area contributed by atoms with Crippen LogP contribution in [0.15, 0.2) is 12.4 Å². The first-order valence-corrected chi connectivity index (χ1v) is 38.9. The number of aryl methyl sites for hydroxylation is 14. The van der Waals surface area contributed by atoms with Crippen LogP contribution < -0.4 is 0 Å². The van der Waals surface area contributed by atoms with Crippen LogP contribution in [0.3, 0.4) is 0 Å². The van der Waals surface area contributed by atoms with Gasteiger partial charge in [0.2, 0.25) is 0 Å². The Balaban J connectivity index is 0.000000162. The lowest BCUT2D eigenvalue weighted by molar-refractivity contribution is 0.569. The Morgan fingerprint density at radius 3 is 1.12 bits per heavy atom.